The third-order valence-electron chi connectivity index (χ3n) is 3.36. The summed E-state index contributed by atoms with van der Waals surface area (Å²) in [6, 6.07) is 8.93. The third-order valence-corrected chi connectivity index (χ3v) is 4.05. The van der Waals surface area contributed by atoms with Crippen molar-refractivity contribution in [1.82, 2.24) is 19.6 Å². The molecule has 0 saturated heterocycles. The number of carbonyl (C=O) groups is 1. The smallest absolute Gasteiger partial charge is 0.232 e. The SMILES string of the molecule is O=C(c1ccc(F)cc1)c1nc(Nc2nccs2)c2cccn2n1. The molecule has 118 valence electrons. The molecule has 0 aliphatic heterocycles. The van der Waals surface area contributed by atoms with Crippen LogP contribution in [0.3, 0.4) is 0 Å². The summed E-state index contributed by atoms with van der Waals surface area (Å²) in [5.41, 5.74) is 1.05. The van der Waals surface area contributed by atoms with Crippen LogP contribution in [0.5, 0.6) is 0 Å². The standard InChI is InChI=1S/C16H10FN5OS/c17-11-5-3-10(4-6-11)13(23)15-19-14(20-16-18-7-9-24-16)12-2-1-8-22(12)21-15/h1-9H,(H,18,19,20,21). The van der Waals surface area contributed by atoms with Gasteiger partial charge in [0.05, 0.1) is 0 Å². The highest BCUT2D eigenvalue weighted by Gasteiger charge is 2.17. The van der Waals surface area contributed by atoms with Crippen molar-refractivity contribution in [2.45, 2.75) is 0 Å². The Balaban J connectivity index is 1.78. The van der Waals surface area contributed by atoms with Crippen molar-refractivity contribution in [3.63, 3.8) is 0 Å². The molecule has 0 aliphatic rings. The van der Waals surface area contributed by atoms with Gasteiger partial charge in [-0.2, -0.15) is 0 Å². The number of hydrogen-bond acceptors (Lipinski definition) is 6. The molecule has 0 atom stereocenters. The van der Waals surface area contributed by atoms with Crippen molar-refractivity contribution in [2.75, 3.05) is 5.32 Å². The van der Waals surface area contributed by atoms with Gasteiger partial charge in [0.2, 0.25) is 11.6 Å². The van der Waals surface area contributed by atoms with E-state index < -0.39 is 5.82 Å². The Kier molecular flexibility index (Phi) is 3.51. The summed E-state index contributed by atoms with van der Waals surface area (Å²) in [5.74, 6) is -0.285. The first-order valence-corrected chi connectivity index (χ1v) is 7.91. The van der Waals surface area contributed by atoms with Gasteiger partial charge in [-0.15, -0.1) is 16.4 Å². The Labute approximate surface area is 139 Å². The third kappa shape index (κ3) is 2.63. The van der Waals surface area contributed by atoms with E-state index in [0.717, 1.165) is 5.52 Å². The predicted octanol–water partition coefficient (Wildman–Crippen LogP) is 3.30. The monoisotopic (exact) mass is 339 g/mol. The number of halogens is 1. The number of thiazole rings is 1. The summed E-state index contributed by atoms with van der Waals surface area (Å²) >= 11 is 1.42. The zero-order valence-corrected chi connectivity index (χ0v) is 13.0. The molecule has 6 nitrogen and oxygen atoms in total. The van der Waals surface area contributed by atoms with E-state index in [1.54, 1.807) is 16.9 Å². The van der Waals surface area contributed by atoms with Crippen LogP contribution in [0.2, 0.25) is 0 Å². The number of rotatable bonds is 4. The second-order valence-electron chi connectivity index (χ2n) is 4.92. The first kappa shape index (κ1) is 14.5. The highest BCUT2D eigenvalue weighted by molar-refractivity contribution is 7.13. The van der Waals surface area contributed by atoms with Crippen LogP contribution < -0.4 is 5.32 Å². The van der Waals surface area contributed by atoms with Crippen LogP contribution in [0, 0.1) is 5.82 Å². The molecule has 0 fully saturated rings. The van der Waals surface area contributed by atoms with E-state index in [4.69, 9.17) is 0 Å². The zero-order chi connectivity index (χ0) is 16.5. The lowest BCUT2D eigenvalue weighted by atomic mass is 10.1. The number of aromatic nitrogens is 4. The molecule has 0 amide bonds. The Hall–Kier alpha value is -3.13. The van der Waals surface area contributed by atoms with E-state index in [2.05, 4.69) is 20.4 Å². The summed E-state index contributed by atoms with van der Waals surface area (Å²) in [6.45, 7) is 0. The van der Waals surface area contributed by atoms with E-state index in [9.17, 15) is 9.18 Å². The fourth-order valence-electron chi connectivity index (χ4n) is 2.24. The number of carbonyl (C=O) groups excluding carboxylic acids is 1. The van der Waals surface area contributed by atoms with Gasteiger partial charge in [-0.25, -0.2) is 18.9 Å². The number of benzene rings is 1. The minimum absolute atomic E-state index is 0.0179. The summed E-state index contributed by atoms with van der Waals surface area (Å²) in [7, 11) is 0. The molecular weight excluding hydrogens is 329 g/mol. The molecule has 3 heterocycles. The van der Waals surface area contributed by atoms with Crippen LogP contribution >= 0.6 is 11.3 Å². The molecule has 0 radical (unpaired) electrons. The second-order valence-corrected chi connectivity index (χ2v) is 5.81. The van der Waals surface area contributed by atoms with E-state index in [1.165, 1.54) is 35.6 Å². The molecule has 0 bridgehead atoms. The van der Waals surface area contributed by atoms with E-state index >= 15 is 0 Å². The first-order chi connectivity index (χ1) is 11.7. The largest absolute Gasteiger partial charge is 0.314 e. The highest BCUT2D eigenvalue weighted by atomic mass is 32.1. The maximum absolute atomic E-state index is 13.0. The zero-order valence-electron chi connectivity index (χ0n) is 12.2. The number of anilines is 2. The van der Waals surface area contributed by atoms with Crippen LogP contribution in [0.15, 0.2) is 54.2 Å². The number of nitrogens with zero attached hydrogens (tertiary/aromatic N) is 4. The average Bonchev–Trinajstić information content (AvgIpc) is 3.26. The summed E-state index contributed by atoms with van der Waals surface area (Å²) in [4.78, 5) is 21.1. The van der Waals surface area contributed by atoms with Crippen molar-refractivity contribution in [1.29, 1.82) is 0 Å². The van der Waals surface area contributed by atoms with E-state index in [-0.39, 0.29) is 11.6 Å². The molecule has 1 aromatic carbocycles. The van der Waals surface area contributed by atoms with Gasteiger partial charge in [0.25, 0.3) is 0 Å². The van der Waals surface area contributed by atoms with Crippen molar-refractivity contribution in [3.8, 4) is 0 Å². The normalized spacial score (nSPS) is 10.9. The molecule has 24 heavy (non-hydrogen) atoms. The minimum atomic E-state index is -0.403. The van der Waals surface area contributed by atoms with Crippen molar-refractivity contribution < 1.29 is 9.18 Å². The molecule has 0 saturated carbocycles. The number of nitrogens with one attached hydrogen (secondary N) is 1. The van der Waals surface area contributed by atoms with Crippen LogP contribution in [0.4, 0.5) is 15.3 Å². The molecule has 8 heteroatoms. The maximum Gasteiger partial charge on any atom is 0.232 e. The van der Waals surface area contributed by atoms with Gasteiger partial charge in [-0.3, -0.25) is 4.79 Å². The highest BCUT2D eigenvalue weighted by Crippen LogP contribution is 2.22. The fraction of sp³-hybridized carbons (Fsp3) is 0. The summed E-state index contributed by atoms with van der Waals surface area (Å²) in [6.07, 6.45) is 3.40. The quantitative estimate of drug-likeness (QED) is 0.578. The van der Waals surface area contributed by atoms with Gasteiger partial charge in [0.1, 0.15) is 11.3 Å². The van der Waals surface area contributed by atoms with Gasteiger partial charge >= 0.3 is 0 Å². The van der Waals surface area contributed by atoms with Crippen molar-refractivity contribution in [2.24, 2.45) is 0 Å². The molecule has 3 aromatic heterocycles. The maximum atomic E-state index is 13.0. The fourth-order valence-corrected chi connectivity index (χ4v) is 2.77. The Morgan fingerprint density at radius 1 is 1.21 bits per heavy atom. The lowest BCUT2D eigenvalue weighted by Gasteiger charge is -2.07. The van der Waals surface area contributed by atoms with Gasteiger partial charge in [-0.1, -0.05) is 0 Å². The predicted molar refractivity (Wildman–Crippen MR) is 88.2 cm³/mol. The second kappa shape index (κ2) is 5.82. The molecule has 1 N–H and O–H groups in total. The Morgan fingerprint density at radius 3 is 2.79 bits per heavy atom. The molecule has 0 spiro atoms. The van der Waals surface area contributed by atoms with Crippen LogP contribution in [-0.4, -0.2) is 25.4 Å². The molecule has 0 unspecified atom stereocenters. The lowest BCUT2D eigenvalue weighted by molar-refractivity contribution is 0.102. The van der Waals surface area contributed by atoms with E-state index in [1.807, 2.05) is 17.5 Å². The Bertz CT molecular complexity index is 1010. The number of hydrogen-bond donors (Lipinski definition) is 1. The van der Waals surface area contributed by atoms with Gasteiger partial charge in [0, 0.05) is 23.3 Å². The minimum Gasteiger partial charge on any atom is -0.314 e. The first-order valence-electron chi connectivity index (χ1n) is 7.03. The van der Waals surface area contributed by atoms with Crippen molar-refractivity contribution in [3.05, 3.63) is 71.4 Å². The number of ketones is 1. The molecule has 0 aliphatic carbocycles. The lowest BCUT2D eigenvalue weighted by Crippen LogP contribution is -2.12. The summed E-state index contributed by atoms with van der Waals surface area (Å²) in [5, 5.41) is 9.82. The van der Waals surface area contributed by atoms with E-state index in [0.29, 0.717) is 16.5 Å². The van der Waals surface area contributed by atoms with Crippen LogP contribution in [0.1, 0.15) is 16.2 Å². The van der Waals surface area contributed by atoms with Crippen LogP contribution in [-0.2, 0) is 0 Å². The van der Waals surface area contributed by atoms with Crippen molar-refractivity contribution >= 4 is 33.6 Å². The number of fused-ring (bicyclic) bond motifs is 1. The van der Waals surface area contributed by atoms with Crippen LogP contribution in [0.25, 0.3) is 5.52 Å². The van der Waals surface area contributed by atoms with Gasteiger partial charge in [0.15, 0.2) is 10.9 Å². The average molecular weight is 339 g/mol. The van der Waals surface area contributed by atoms with Gasteiger partial charge < -0.3 is 5.32 Å². The summed E-state index contributed by atoms with van der Waals surface area (Å²) < 4.78 is 14.6. The molecular formula is C16H10FN5OS. The molecule has 4 aromatic rings. The topological polar surface area (TPSA) is 72.2 Å². The van der Waals surface area contributed by atoms with Gasteiger partial charge in [-0.05, 0) is 36.4 Å². The Morgan fingerprint density at radius 2 is 2.04 bits per heavy atom. The molecule has 4 rings (SSSR count).